The molecule has 2 amide bonds. The third-order valence-electron chi connectivity index (χ3n) is 6.02. The van der Waals surface area contributed by atoms with Gasteiger partial charge in [0.25, 0.3) is 10.0 Å². The smallest absolute Gasteiger partial charge is 0.322 e. The van der Waals surface area contributed by atoms with Crippen LogP contribution in [0.1, 0.15) is 32.6 Å². The topological polar surface area (TPSA) is 79.0 Å². The Balaban J connectivity index is 1.47. The van der Waals surface area contributed by atoms with Crippen LogP contribution < -0.4 is 9.62 Å². The zero-order valence-corrected chi connectivity index (χ0v) is 18.6. The second kappa shape index (κ2) is 9.28. The molecule has 2 fully saturated rings. The Morgan fingerprint density at radius 2 is 1.81 bits per heavy atom. The number of carbonyl (C=O) groups excluding carboxylic acids is 1. The minimum atomic E-state index is -3.69. The summed E-state index contributed by atoms with van der Waals surface area (Å²) in [5.74, 6) is 0. The van der Waals surface area contributed by atoms with Gasteiger partial charge in [0.2, 0.25) is 0 Å². The lowest BCUT2D eigenvalue weighted by molar-refractivity contribution is -0.0694. The number of morpholine rings is 1. The van der Waals surface area contributed by atoms with Crippen molar-refractivity contribution in [2.24, 2.45) is 0 Å². The van der Waals surface area contributed by atoms with E-state index in [4.69, 9.17) is 4.74 Å². The number of hydrogen-bond acceptors (Lipinski definition) is 4. The molecule has 0 unspecified atom stereocenters. The normalized spacial score (nSPS) is 21.3. The second-order valence-corrected chi connectivity index (χ2v) is 9.78. The molecule has 8 heteroatoms. The first-order chi connectivity index (χ1) is 15.0. The lowest BCUT2D eigenvalue weighted by Gasteiger charge is -2.43. The molecule has 4 rings (SSSR count). The van der Waals surface area contributed by atoms with Crippen LogP contribution in [0.25, 0.3) is 0 Å². The van der Waals surface area contributed by atoms with E-state index < -0.39 is 10.0 Å². The lowest BCUT2D eigenvalue weighted by Crippen LogP contribution is -2.55. The van der Waals surface area contributed by atoms with Crippen LogP contribution in [0, 0.1) is 0 Å². The molecule has 1 saturated carbocycles. The van der Waals surface area contributed by atoms with E-state index >= 15 is 0 Å². The van der Waals surface area contributed by atoms with Crippen LogP contribution in [0.5, 0.6) is 0 Å². The lowest BCUT2D eigenvalue weighted by atomic mass is 9.90. The van der Waals surface area contributed by atoms with Gasteiger partial charge >= 0.3 is 6.03 Å². The molecule has 2 aliphatic rings. The highest BCUT2D eigenvalue weighted by Crippen LogP contribution is 2.29. The van der Waals surface area contributed by atoms with Crippen LogP contribution >= 0.6 is 0 Å². The van der Waals surface area contributed by atoms with Gasteiger partial charge in [-0.2, -0.15) is 0 Å². The molecule has 2 atom stereocenters. The average molecular weight is 444 g/mol. The maximum absolute atomic E-state index is 13.1. The summed E-state index contributed by atoms with van der Waals surface area (Å²) in [5, 5.41) is 2.92. The van der Waals surface area contributed by atoms with Gasteiger partial charge in [-0.05, 0) is 56.2 Å². The molecule has 1 saturated heterocycles. The molecule has 0 spiro atoms. The number of nitrogens with zero attached hydrogens (tertiary/aromatic N) is 2. The van der Waals surface area contributed by atoms with Gasteiger partial charge in [-0.25, -0.2) is 13.2 Å². The Bertz CT molecular complexity index is 993. The summed E-state index contributed by atoms with van der Waals surface area (Å²) < 4.78 is 33.5. The van der Waals surface area contributed by atoms with Crippen LogP contribution in [-0.2, 0) is 14.8 Å². The molecule has 7 nitrogen and oxygen atoms in total. The van der Waals surface area contributed by atoms with Gasteiger partial charge in [-0.3, -0.25) is 4.31 Å². The predicted octanol–water partition coefficient (Wildman–Crippen LogP) is 4.08. The SMILES string of the molecule is CCN(c1ccccc1)S(=O)(=O)c1ccc(NC(=O)N2CCO[C@H]3CCCC[C@H]32)cc1. The maximum Gasteiger partial charge on any atom is 0.322 e. The van der Waals surface area contributed by atoms with Crippen molar-refractivity contribution < 1.29 is 17.9 Å². The minimum absolute atomic E-state index is 0.117. The number of sulfonamides is 1. The Hall–Kier alpha value is -2.58. The third-order valence-corrected chi connectivity index (χ3v) is 7.94. The van der Waals surface area contributed by atoms with Crippen LogP contribution in [-0.4, -0.2) is 51.2 Å². The summed E-state index contributed by atoms with van der Waals surface area (Å²) in [4.78, 5) is 14.9. The molecule has 1 aliphatic heterocycles. The van der Waals surface area contributed by atoms with Gasteiger partial charge in [0.1, 0.15) is 0 Å². The molecule has 2 aromatic rings. The Kier molecular flexibility index (Phi) is 6.48. The first kappa shape index (κ1) is 21.6. The molecular weight excluding hydrogens is 414 g/mol. The number of benzene rings is 2. The zero-order chi connectivity index (χ0) is 21.8. The van der Waals surface area contributed by atoms with Crippen molar-refractivity contribution in [1.29, 1.82) is 0 Å². The molecule has 1 heterocycles. The standard InChI is InChI=1S/C23H29N3O4S/c1-2-26(19-8-4-3-5-9-19)31(28,29)20-14-12-18(13-15-20)24-23(27)25-16-17-30-22-11-7-6-10-21(22)25/h3-5,8-9,12-15,21-22H,2,6-7,10-11,16-17H2,1H3,(H,24,27)/t21-,22+/m1/s1. The summed E-state index contributed by atoms with van der Waals surface area (Å²) in [5.41, 5.74) is 1.20. The van der Waals surface area contributed by atoms with Gasteiger partial charge in [0.05, 0.1) is 29.3 Å². The monoisotopic (exact) mass is 443 g/mol. The second-order valence-electron chi connectivity index (χ2n) is 7.91. The summed E-state index contributed by atoms with van der Waals surface area (Å²) in [7, 11) is -3.69. The van der Waals surface area contributed by atoms with Gasteiger partial charge < -0.3 is 15.0 Å². The molecule has 31 heavy (non-hydrogen) atoms. The van der Waals surface area contributed by atoms with Gasteiger partial charge in [0.15, 0.2) is 0 Å². The number of ether oxygens (including phenoxy) is 1. The summed E-state index contributed by atoms with van der Waals surface area (Å²) in [6, 6.07) is 15.4. The van der Waals surface area contributed by atoms with E-state index in [0.717, 1.165) is 25.7 Å². The highest BCUT2D eigenvalue weighted by molar-refractivity contribution is 7.92. The van der Waals surface area contributed by atoms with Gasteiger partial charge in [0, 0.05) is 18.8 Å². The van der Waals surface area contributed by atoms with Crippen molar-refractivity contribution in [3.63, 3.8) is 0 Å². The van der Waals surface area contributed by atoms with E-state index in [1.54, 1.807) is 43.3 Å². The highest BCUT2D eigenvalue weighted by atomic mass is 32.2. The first-order valence-electron chi connectivity index (χ1n) is 10.9. The van der Waals surface area contributed by atoms with Crippen molar-refractivity contribution in [1.82, 2.24) is 4.90 Å². The van der Waals surface area contributed by atoms with Crippen molar-refractivity contribution >= 4 is 27.4 Å². The fraction of sp³-hybridized carbons (Fsp3) is 0.435. The Morgan fingerprint density at radius 1 is 1.10 bits per heavy atom. The highest BCUT2D eigenvalue weighted by Gasteiger charge is 2.36. The number of rotatable bonds is 5. The molecule has 1 N–H and O–H groups in total. The molecule has 0 bridgehead atoms. The predicted molar refractivity (Wildman–Crippen MR) is 121 cm³/mol. The largest absolute Gasteiger partial charge is 0.374 e. The number of carbonyl (C=O) groups is 1. The van der Waals surface area contributed by atoms with Crippen molar-refractivity contribution in [3.05, 3.63) is 54.6 Å². The molecule has 1 aliphatic carbocycles. The van der Waals surface area contributed by atoms with Crippen molar-refractivity contribution in [2.45, 2.75) is 49.6 Å². The van der Waals surface area contributed by atoms with Gasteiger partial charge in [-0.1, -0.05) is 31.0 Å². The van der Waals surface area contributed by atoms with E-state index in [1.807, 2.05) is 23.1 Å². The van der Waals surface area contributed by atoms with Crippen LogP contribution in [0.15, 0.2) is 59.5 Å². The van der Waals surface area contributed by atoms with E-state index in [0.29, 0.717) is 31.1 Å². The number of urea groups is 1. The van der Waals surface area contributed by atoms with Crippen LogP contribution in [0.4, 0.5) is 16.2 Å². The fourth-order valence-electron chi connectivity index (χ4n) is 4.47. The summed E-state index contributed by atoms with van der Waals surface area (Å²) in [6.45, 7) is 3.25. The molecular formula is C23H29N3O4S. The average Bonchev–Trinajstić information content (AvgIpc) is 2.80. The van der Waals surface area contributed by atoms with Crippen LogP contribution in [0.2, 0.25) is 0 Å². The number of fused-ring (bicyclic) bond motifs is 1. The quantitative estimate of drug-likeness (QED) is 0.755. The molecule has 166 valence electrons. The zero-order valence-electron chi connectivity index (χ0n) is 17.7. The number of nitrogens with one attached hydrogen (secondary N) is 1. The third kappa shape index (κ3) is 4.55. The number of amides is 2. The van der Waals surface area contributed by atoms with E-state index in [2.05, 4.69) is 5.32 Å². The molecule has 0 radical (unpaired) electrons. The maximum atomic E-state index is 13.1. The Labute approximate surface area is 184 Å². The number of anilines is 2. The van der Waals surface area contributed by atoms with E-state index in [9.17, 15) is 13.2 Å². The number of para-hydroxylation sites is 1. The summed E-state index contributed by atoms with van der Waals surface area (Å²) >= 11 is 0. The molecule has 2 aromatic carbocycles. The molecule has 0 aromatic heterocycles. The Morgan fingerprint density at radius 3 is 2.52 bits per heavy atom. The minimum Gasteiger partial charge on any atom is -0.374 e. The van der Waals surface area contributed by atoms with Crippen LogP contribution in [0.3, 0.4) is 0 Å². The first-order valence-corrected chi connectivity index (χ1v) is 12.3. The fourth-order valence-corrected chi connectivity index (χ4v) is 5.94. The summed E-state index contributed by atoms with van der Waals surface area (Å²) in [6.07, 6.45) is 4.33. The van der Waals surface area contributed by atoms with E-state index in [1.165, 1.54) is 4.31 Å². The van der Waals surface area contributed by atoms with Crippen molar-refractivity contribution in [2.75, 3.05) is 29.3 Å². The number of hydrogen-bond donors (Lipinski definition) is 1. The van der Waals surface area contributed by atoms with Crippen molar-refractivity contribution in [3.8, 4) is 0 Å². The van der Waals surface area contributed by atoms with E-state index in [-0.39, 0.29) is 23.1 Å². The van der Waals surface area contributed by atoms with Gasteiger partial charge in [-0.15, -0.1) is 0 Å².